The summed E-state index contributed by atoms with van der Waals surface area (Å²) in [5.74, 6) is -0.404. The van der Waals surface area contributed by atoms with E-state index < -0.39 is 0 Å². The summed E-state index contributed by atoms with van der Waals surface area (Å²) in [6, 6.07) is 14.4. The molecule has 3 rings (SSSR count). The summed E-state index contributed by atoms with van der Waals surface area (Å²) in [6.45, 7) is 1.09. The van der Waals surface area contributed by atoms with Crippen molar-refractivity contribution < 1.29 is 9.59 Å². The number of nitrogens with one attached hydrogen (secondary N) is 1. The highest BCUT2D eigenvalue weighted by atomic mass is 35.5. The summed E-state index contributed by atoms with van der Waals surface area (Å²) < 4.78 is 0. The first-order chi connectivity index (χ1) is 10.7. The van der Waals surface area contributed by atoms with Crippen LogP contribution in [0.25, 0.3) is 0 Å². The average molecular weight is 315 g/mol. The van der Waals surface area contributed by atoms with Gasteiger partial charge < -0.3 is 5.32 Å². The maximum absolute atomic E-state index is 12.2. The van der Waals surface area contributed by atoms with Gasteiger partial charge in [0.15, 0.2) is 0 Å². The van der Waals surface area contributed by atoms with E-state index in [0.717, 1.165) is 5.69 Å². The number of hydrogen-bond donors (Lipinski definition) is 1. The van der Waals surface area contributed by atoms with Crippen molar-refractivity contribution in [3.63, 3.8) is 0 Å². The van der Waals surface area contributed by atoms with Crippen LogP contribution in [0.15, 0.2) is 48.5 Å². The van der Waals surface area contributed by atoms with Crippen LogP contribution in [0.1, 0.15) is 27.1 Å². The fraction of sp³-hybridized carbons (Fsp3) is 0.176. The van der Waals surface area contributed by atoms with Gasteiger partial charge in [-0.2, -0.15) is 0 Å². The number of imide groups is 1. The molecule has 1 heterocycles. The first-order valence-corrected chi connectivity index (χ1v) is 7.49. The number of carbonyl (C=O) groups excluding carboxylic acids is 2. The number of hydrogen-bond acceptors (Lipinski definition) is 3. The van der Waals surface area contributed by atoms with Gasteiger partial charge in [-0.15, -0.1) is 0 Å². The number of carbonyl (C=O) groups is 2. The predicted molar refractivity (Wildman–Crippen MR) is 86.4 cm³/mol. The fourth-order valence-electron chi connectivity index (χ4n) is 2.48. The topological polar surface area (TPSA) is 49.4 Å². The molecule has 4 nitrogen and oxygen atoms in total. The molecule has 5 heteroatoms. The Hall–Kier alpha value is -2.33. The maximum Gasteiger partial charge on any atom is 0.261 e. The summed E-state index contributed by atoms with van der Waals surface area (Å²) in [7, 11) is 0. The third-order valence-corrected chi connectivity index (χ3v) is 3.86. The summed E-state index contributed by atoms with van der Waals surface area (Å²) in [5.41, 5.74) is 1.96. The maximum atomic E-state index is 12.2. The van der Waals surface area contributed by atoms with Crippen LogP contribution < -0.4 is 5.32 Å². The van der Waals surface area contributed by atoms with E-state index >= 15 is 0 Å². The largest absolute Gasteiger partial charge is 0.385 e. The van der Waals surface area contributed by atoms with Gasteiger partial charge in [-0.3, -0.25) is 14.5 Å². The van der Waals surface area contributed by atoms with E-state index in [2.05, 4.69) is 5.32 Å². The molecule has 1 aliphatic heterocycles. The molecule has 1 aliphatic rings. The van der Waals surface area contributed by atoms with Gasteiger partial charge in [0.1, 0.15) is 0 Å². The van der Waals surface area contributed by atoms with Crippen molar-refractivity contribution in [2.75, 3.05) is 18.4 Å². The SMILES string of the molecule is O=C1c2ccccc2C(=O)N1CCCNc1ccc(Cl)cc1. The lowest BCUT2D eigenvalue weighted by molar-refractivity contribution is 0.0654. The highest BCUT2D eigenvalue weighted by Crippen LogP contribution is 2.22. The number of nitrogens with zero attached hydrogens (tertiary/aromatic N) is 1. The number of benzene rings is 2. The van der Waals surface area contributed by atoms with Crippen LogP contribution in [0.2, 0.25) is 5.02 Å². The number of halogens is 1. The second kappa shape index (κ2) is 6.20. The van der Waals surface area contributed by atoms with Gasteiger partial charge in [0, 0.05) is 23.8 Å². The van der Waals surface area contributed by atoms with Crippen LogP contribution in [-0.2, 0) is 0 Å². The van der Waals surface area contributed by atoms with E-state index in [1.54, 1.807) is 24.3 Å². The Morgan fingerprint density at radius 2 is 1.50 bits per heavy atom. The Bertz CT molecular complexity index is 678. The van der Waals surface area contributed by atoms with E-state index in [4.69, 9.17) is 11.6 Å². The van der Waals surface area contributed by atoms with Crippen LogP contribution in [0.5, 0.6) is 0 Å². The fourth-order valence-corrected chi connectivity index (χ4v) is 2.61. The smallest absolute Gasteiger partial charge is 0.261 e. The van der Waals surface area contributed by atoms with Crippen molar-refractivity contribution >= 4 is 29.1 Å². The molecule has 1 N–H and O–H groups in total. The minimum atomic E-state index is -0.202. The Balaban J connectivity index is 1.54. The normalized spacial score (nSPS) is 13.4. The monoisotopic (exact) mass is 314 g/mol. The van der Waals surface area contributed by atoms with Gasteiger partial charge in [0.05, 0.1) is 11.1 Å². The van der Waals surface area contributed by atoms with Crippen molar-refractivity contribution in [2.45, 2.75) is 6.42 Å². The minimum absolute atomic E-state index is 0.202. The lowest BCUT2D eigenvalue weighted by atomic mass is 10.1. The first-order valence-electron chi connectivity index (χ1n) is 7.11. The molecular formula is C17H15ClN2O2. The van der Waals surface area contributed by atoms with E-state index in [9.17, 15) is 9.59 Å². The van der Waals surface area contributed by atoms with Crippen molar-refractivity contribution in [3.8, 4) is 0 Å². The van der Waals surface area contributed by atoms with Crippen LogP contribution >= 0.6 is 11.6 Å². The number of fused-ring (bicyclic) bond motifs is 1. The predicted octanol–water partition coefficient (Wildman–Crippen LogP) is 3.44. The van der Waals surface area contributed by atoms with Crippen molar-refractivity contribution in [3.05, 3.63) is 64.7 Å². The first kappa shape index (κ1) is 14.6. The molecule has 0 atom stereocenters. The molecule has 2 amide bonds. The van der Waals surface area contributed by atoms with Crippen LogP contribution in [0.3, 0.4) is 0 Å². The molecule has 0 aromatic heterocycles. The van der Waals surface area contributed by atoms with Gasteiger partial charge in [-0.25, -0.2) is 0 Å². The lowest BCUT2D eigenvalue weighted by Crippen LogP contribution is -2.31. The van der Waals surface area contributed by atoms with Crippen molar-refractivity contribution in [1.29, 1.82) is 0 Å². The molecule has 0 spiro atoms. The molecule has 2 aromatic carbocycles. The second-order valence-corrected chi connectivity index (χ2v) is 5.53. The quantitative estimate of drug-likeness (QED) is 0.679. The third kappa shape index (κ3) is 2.83. The van der Waals surface area contributed by atoms with Crippen LogP contribution in [0, 0.1) is 0 Å². The number of amides is 2. The highest BCUT2D eigenvalue weighted by Gasteiger charge is 2.34. The van der Waals surface area contributed by atoms with E-state index in [-0.39, 0.29) is 11.8 Å². The molecule has 112 valence electrons. The van der Waals surface area contributed by atoms with Crippen molar-refractivity contribution in [2.24, 2.45) is 0 Å². The minimum Gasteiger partial charge on any atom is -0.385 e. The van der Waals surface area contributed by atoms with Gasteiger partial charge in [0.25, 0.3) is 11.8 Å². The van der Waals surface area contributed by atoms with Crippen LogP contribution in [0.4, 0.5) is 5.69 Å². The molecule has 22 heavy (non-hydrogen) atoms. The molecule has 0 saturated carbocycles. The number of rotatable bonds is 5. The molecule has 0 radical (unpaired) electrons. The third-order valence-electron chi connectivity index (χ3n) is 3.61. The van der Waals surface area contributed by atoms with E-state index in [1.807, 2.05) is 24.3 Å². The molecule has 0 aliphatic carbocycles. The zero-order chi connectivity index (χ0) is 15.5. The van der Waals surface area contributed by atoms with Gasteiger partial charge >= 0.3 is 0 Å². The van der Waals surface area contributed by atoms with Gasteiger partial charge in [0.2, 0.25) is 0 Å². The summed E-state index contributed by atoms with van der Waals surface area (Å²) in [4.78, 5) is 25.7. The number of anilines is 1. The molecular weight excluding hydrogens is 300 g/mol. The molecule has 0 bridgehead atoms. The van der Waals surface area contributed by atoms with Crippen LogP contribution in [-0.4, -0.2) is 29.8 Å². The molecule has 2 aromatic rings. The summed E-state index contributed by atoms with van der Waals surface area (Å²) in [5, 5.41) is 3.93. The summed E-state index contributed by atoms with van der Waals surface area (Å²) in [6.07, 6.45) is 0.689. The van der Waals surface area contributed by atoms with E-state index in [0.29, 0.717) is 35.7 Å². The van der Waals surface area contributed by atoms with Crippen molar-refractivity contribution in [1.82, 2.24) is 4.90 Å². The molecule has 0 fully saturated rings. The Kier molecular flexibility index (Phi) is 4.11. The van der Waals surface area contributed by atoms with E-state index in [1.165, 1.54) is 4.90 Å². The summed E-state index contributed by atoms with van der Waals surface area (Å²) >= 11 is 5.83. The van der Waals surface area contributed by atoms with Gasteiger partial charge in [-0.1, -0.05) is 23.7 Å². The zero-order valence-electron chi connectivity index (χ0n) is 11.9. The molecule has 0 saturated heterocycles. The Morgan fingerprint density at radius 3 is 2.09 bits per heavy atom. The second-order valence-electron chi connectivity index (χ2n) is 5.09. The van der Waals surface area contributed by atoms with Gasteiger partial charge in [-0.05, 0) is 42.8 Å². The lowest BCUT2D eigenvalue weighted by Gasteiger charge is -2.14. The highest BCUT2D eigenvalue weighted by molar-refractivity contribution is 6.30. The Morgan fingerprint density at radius 1 is 0.909 bits per heavy atom. The average Bonchev–Trinajstić information content (AvgIpc) is 2.78. The molecule has 0 unspecified atom stereocenters. The zero-order valence-corrected chi connectivity index (χ0v) is 12.6. The standard InChI is InChI=1S/C17H15ClN2O2/c18-12-6-8-13(9-7-12)19-10-3-11-20-16(21)14-4-1-2-5-15(14)17(20)22/h1-2,4-9,19H,3,10-11H2. The Labute approximate surface area is 133 Å².